The number of hydrogen-bond donors (Lipinski definition) is 2. The molecule has 0 fully saturated rings. The Balaban J connectivity index is 2.35. The molecule has 0 amide bonds. The van der Waals surface area contributed by atoms with Crippen LogP contribution in [-0.4, -0.2) is 33.4 Å². The van der Waals surface area contributed by atoms with E-state index in [9.17, 15) is 13.2 Å². The lowest BCUT2D eigenvalue weighted by atomic mass is 10.4. The third-order valence-corrected chi connectivity index (χ3v) is 4.77. The molecule has 0 saturated heterocycles. The first-order chi connectivity index (χ1) is 9.83. The molecule has 21 heavy (non-hydrogen) atoms. The topological polar surface area (TPSA) is 114 Å². The maximum absolute atomic E-state index is 12.2. The molecule has 8 nitrogen and oxygen atoms in total. The summed E-state index contributed by atoms with van der Waals surface area (Å²) in [6.45, 7) is 3.95. The predicted octanol–water partition coefficient (Wildman–Crippen LogP) is 1.56. The van der Waals surface area contributed by atoms with E-state index >= 15 is 0 Å². The average Bonchev–Trinajstić information content (AvgIpc) is 2.96. The van der Waals surface area contributed by atoms with Gasteiger partial charge < -0.3 is 9.67 Å². The van der Waals surface area contributed by atoms with Crippen LogP contribution < -0.4 is 4.72 Å². The number of carboxylic acid groups (broad SMARTS) is 1. The molecule has 2 N–H and O–H groups in total. The van der Waals surface area contributed by atoms with E-state index in [-0.39, 0.29) is 15.7 Å². The first kappa shape index (κ1) is 15.4. The molecule has 0 atom stereocenters. The Bertz CT molecular complexity index is 763. The van der Waals surface area contributed by atoms with Crippen molar-refractivity contribution in [2.24, 2.45) is 0 Å². The predicted molar refractivity (Wildman–Crippen MR) is 77.1 cm³/mol. The minimum Gasteiger partial charge on any atom is -0.477 e. The Labute approximate surface area is 125 Å². The van der Waals surface area contributed by atoms with Gasteiger partial charge in [-0.25, -0.2) is 18.2 Å². The van der Waals surface area contributed by atoms with E-state index in [2.05, 4.69) is 14.1 Å². The van der Waals surface area contributed by atoms with Gasteiger partial charge in [0.1, 0.15) is 16.4 Å². The maximum Gasteiger partial charge on any atom is 0.352 e. The lowest BCUT2D eigenvalue weighted by molar-refractivity contribution is 0.0685. The summed E-state index contributed by atoms with van der Waals surface area (Å²) in [7, 11) is -3.88. The van der Waals surface area contributed by atoms with Gasteiger partial charge in [-0.05, 0) is 19.4 Å². The molecule has 0 aliphatic carbocycles. The molecule has 114 valence electrons. The quantitative estimate of drug-likeness (QED) is 0.830. The van der Waals surface area contributed by atoms with Gasteiger partial charge in [0.05, 0.1) is 0 Å². The summed E-state index contributed by atoms with van der Waals surface area (Å²) in [5.74, 6) is -0.705. The van der Waals surface area contributed by atoms with Crippen molar-refractivity contribution >= 4 is 32.7 Å². The number of aromatic nitrogens is 3. The fourth-order valence-electron chi connectivity index (χ4n) is 1.75. The standard InChI is InChI=1S/C11H14N4O4S2/c1-3-4-15-6-8(5-9(15)10(16)17)21(18,19)14-11-12-7(2)13-20-11/h5-6H,3-4H2,1-2H3,(H,16,17)(H,12,13,14). The lowest BCUT2D eigenvalue weighted by Crippen LogP contribution is -2.12. The SMILES string of the molecule is CCCn1cc(S(=O)(=O)Nc2nc(C)ns2)cc1C(=O)O. The van der Waals surface area contributed by atoms with Crippen LogP contribution in [0.25, 0.3) is 0 Å². The number of sulfonamides is 1. The Morgan fingerprint density at radius 1 is 1.52 bits per heavy atom. The van der Waals surface area contributed by atoms with Gasteiger partial charge in [-0.3, -0.25) is 4.72 Å². The first-order valence-electron chi connectivity index (χ1n) is 6.10. The second-order valence-electron chi connectivity index (χ2n) is 4.31. The van der Waals surface area contributed by atoms with Gasteiger partial charge in [-0.2, -0.15) is 4.37 Å². The largest absolute Gasteiger partial charge is 0.477 e. The number of hydrogen-bond acceptors (Lipinski definition) is 6. The van der Waals surface area contributed by atoms with Crippen LogP contribution in [0, 0.1) is 6.92 Å². The number of aryl methyl sites for hydroxylation is 2. The van der Waals surface area contributed by atoms with Crippen LogP contribution in [0.3, 0.4) is 0 Å². The average molecular weight is 330 g/mol. The van der Waals surface area contributed by atoms with Crippen molar-refractivity contribution in [3.63, 3.8) is 0 Å². The lowest BCUT2D eigenvalue weighted by Gasteiger charge is -2.03. The molecule has 2 rings (SSSR count). The van der Waals surface area contributed by atoms with Crippen LogP contribution in [-0.2, 0) is 16.6 Å². The molecular weight excluding hydrogens is 316 g/mol. The molecule has 2 aromatic heterocycles. The van der Waals surface area contributed by atoms with Gasteiger partial charge in [-0.15, -0.1) is 0 Å². The molecule has 0 saturated carbocycles. The second-order valence-corrected chi connectivity index (χ2v) is 6.75. The smallest absolute Gasteiger partial charge is 0.352 e. The highest BCUT2D eigenvalue weighted by atomic mass is 32.2. The molecule has 2 aromatic rings. The minimum absolute atomic E-state index is 0.0642. The second kappa shape index (κ2) is 5.82. The number of nitrogens with zero attached hydrogens (tertiary/aromatic N) is 3. The maximum atomic E-state index is 12.2. The van der Waals surface area contributed by atoms with E-state index in [0.717, 1.165) is 17.6 Å². The van der Waals surface area contributed by atoms with Crippen molar-refractivity contribution in [1.82, 2.24) is 13.9 Å². The van der Waals surface area contributed by atoms with E-state index in [1.165, 1.54) is 10.8 Å². The van der Waals surface area contributed by atoms with Crippen molar-refractivity contribution in [2.45, 2.75) is 31.7 Å². The Morgan fingerprint density at radius 2 is 2.24 bits per heavy atom. The number of anilines is 1. The zero-order valence-electron chi connectivity index (χ0n) is 11.4. The summed E-state index contributed by atoms with van der Waals surface area (Å²) in [6, 6.07) is 1.13. The van der Waals surface area contributed by atoms with E-state index in [1.807, 2.05) is 6.92 Å². The first-order valence-corrected chi connectivity index (χ1v) is 8.35. The van der Waals surface area contributed by atoms with Crippen molar-refractivity contribution in [3.05, 3.63) is 23.8 Å². The van der Waals surface area contributed by atoms with Crippen molar-refractivity contribution in [2.75, 3.05) is 4.72 Å². The van der Waals surface area contributed by atoms with Gasteiger partial charge in [0, 0.05) is 24.3 Å². The molecule has 0 aromatic carbocycles. The molecule has 0 radical (unpaired) electrons. The van der Waals surface area contributed by atoms with Gasteiger partial charge >= 0.3 is 5.97 Å². The highest BCUT2D eigenvalue weighted by Gasteiger charge is 2.22. The van der Waals surface area contributed by atoms with Crippen molar-refractivity contribution in [3.8, 4) is 0 Å². The number of carbonyl (C=O) groups is 1. The zero-order valence-corrected chi connectivity index (χ0v) is 13.0. The summed E-state index contributed by atoms with van der Waals surface area (Å²) in [6.07, 6.45) is 2.00. The van der Waals surface area contributed by atoms with E-state index in [4.69, 9.17) is 5.11 Å². The van der Waals surface area contributed by atoms with Crippen LogP contribution in [0.2, 0.25) is 0 Å². The summed E-state index contributed by atoms with van der Waals surface area (Å²) >= 11 is 0.924. The van der Waals surface area contributed by atoms with Crippen LogP contribution in [0.15, 0.2) is 17.2 Å². The molecule has 0 aliphatic rings. The minimum atomic E-state index is -3.88. The number of nitrogens with one attached hydrogen (secondary N) is 1. The van der Waals surface area contributed by atoms with Crippen molar-refractivity contribution in [1.29, 1.82) is 0 Å². The third-order valence-electron chi connectivity index (χ3n) is 2.61. The summed E-state index contributed by atoms with van der Waals surface area (Å²) in [5, 5.41) is 9.25. The fourth-order valence-corrected chi connectivity index (χ4v) is 3.58. The molecule has 0 unspecified atom stereocenters. The Hall–Kier alpha value is -1.94. The number of carboxylic acids is 1. The molecular formula is C11H14N4O4S2. The molecule has 10 heteroatoms. The molecule has 0 spiro atoms. The van der Waals surface area contributed by atoms with Gasteiger partial charge in [0.25, 0.3) is 10.0 Å². The summed E-state index contributed by atoms with van der Waals surface area (Å²) in [4.78, 5) is 14.9. The van der Waals surface area contributed by atoms with Crippen LogP contribution in [0.4, 0.5) is 5.13 Å². The highest BCUT2D eigenvalue weighted by Crippen LogP contribution is 2.20. The van der Waals surface area contributed by atoms with Gasteiger partial charge in [0.15, 0.2) is 0 Å². The van der Waals surface area contributed by atoms with Crippen LogP contribution in [0.1, 0.15) is 29.7 Å². The monoisotopic (exact) mass is 330 g/mol. The van der Waals surface area contributed by atoms with Gasteiger partial charge in [-0.1, -0.05) is 6.92 Å². The Morgan fingerprint density at radius 3 is 2.76 bits per heavy atom. The van der Waals surface area contributed by atoms with Crippen LogP contribution in [0.5, 0.6) is 0 Å². The molecule has 2 heterocycles. The van der Waals surface area contributed by atoms with E-state index < -0.39 is 16.0 Å². The number of rotatable bonds is 6. The normalized spacial score (nSPS) is 11.5. The van der Waals surface area contributed by atoms with E-state index in [1.54, 1.807) is 6.92 Å². The van der Waals surface area contributed by atoms with Crippen LogP contribution >= 0.6 is 11.5 Å². The highest BCUT2D eigenvalue weighted by molar-refractivity contribution is 7.93. The molecule has 0 aliphatic heterocycles. The number of aromatic carboxylic acids is 1. The summed E-state index contributed by atoms with van der Waals surface area (Å²) in [5.41, 5.74) is -0.0642. The Kier molecular flexibility index (Phi) is 4.28. The summed E-state index contributed by atoms with van der Waals surface area (Å²) < 4.78 is 32.0. The van der Waals surface area contributed by atoms with Crippen molar-refractivity contribution < 1.29 is 18.3 Å². The van der Waals surface area contributed by atoms with Gasteiger partial charge in [0.2, 0.25) is 5.13 Å². The third kappa shape index (κ3) is 3.39. The zero-order chi connectivity index (χ0) is 15.6. The van der Waals surface area contributed by atoms with E-state index in [0.29, 0.717) is 18.8 Å². The fraction of sp³-hybridized carbons (Fsp3) is 0.364. The molecule has 0 bridgehead atoms.